The first-order valence-electron chi connectivity index (χ1n) is 5.80. The summed E-state index contributed by atoms with van der Waals surface area (Å²) in [5.41, 5.74) is 2.65. The van der Waals surface area contributed by atoms with Crippen molar-refractivity contribution in [2.24, 2.45) is 0 Å². The molecule has 86 valence electrons. The maximum atomic E-state index is 11.0. The summed E-state index contributed by atoms with van der Waals surface area (Å²) in [6.45, 7) is 3.76. The van der Waals surface area contributed by atoms with Crippen molar-refractivity contribution in [2.75, 3.05) is 6.54 Å². The van der Waals surface area contributed by atoms with Crippen molar-refractivity contribution in [1.82, 2.24) is 10.6 Å². The van der Waals surface area contributed by atoms with Gasteiger partial charge in [0.15, 0.2) is 0 Å². The molecule has 0 bridgehead atoms. The molecule has 1 heterocycles. The van der Waals surface area contributed by atoms with E-state index in [1.165, 1.54) is 11.1 Å². The number of amides is 1. The van der Waals surface area contributed by atoms with Gasteiger partial charge in [-0.05, 0) is 24.5 Å². The molecular formula is C13H18N2O. The Morgan fingerprint density at radius 3 is 2.94 bits per heavy atom. The molecule has 3 nitrogen and oxygen atoms in total. The third-order valence-corrected chi connectivity index (χ3v) is 3.11. The summed E-state index contributed by atoms with van der Waals surface area (Å²) < 4.78 is 0. The maximum absolute atomic E-state index is 11.0. The largest absolute Gasteiger partial charge is 0.355 e. The smallest absolute Gasteiger partial charge is 0.220 e. The van der Waals surface area contributed by atoms with Crippen molar-refractivity contribution in [3.05, 3.63) is 35.4 Å². The molecule has 3 heteroatoms. The topological polar surface area (TPSA) is 41.1 Å². The Balaban J connectivity index is 1.84. The Hall–Kier alpha value is -1.35. The molecular weight excluding hydrogens is 200 g/mol. The van der Waals surface area contributed by atoms with E-state index in [1.54, 1.807) is 0 Å². The van der Waals surface area contributed by atoms with Crippen LogP contribution in [-0.4, -0.2) is 18.5 Å². The zero-order valence-corrected chi connectivity index (χ0v) is 9.62. The first-order chi connectivity index (χ1) is 7.75. The molecule has 0 spiro atoms. The first kappa shape index (κ1) is 11.1. The normalized spacial score (nSPS) is 20.6. The van der Waals surface area contributed by atoms with E-state index in [4.69, 9.17) is 0 Å². The van der Waals surface area contributed by atoms with Gasteiger partial charge in [0.05, 0.1) is 0 Å². The third kappa shape index (κ3) is 2.83. The lowest BCUT2D eigenvalue weighted by Gasteiger charge is -2.23. The van der Waals surface area contributed by atoms with Crippen molar-refractivity contribution in [2.45, 2.75) is 32.4 Å². The van der Waals surface area contributed by atoms with Gasteiger partial charge in [-0.2, -0.15) is 0 Å². The summed E-state index contributed by atoms with van der Waals surface area (Å²) in [5, 5.41) is 6.37. The van der Waals surface area contributed by atoms with Crippen LogP contribution in [0.3, 0.4) is 0 Å². The van der Waals surface area contributed by atoms with Crippen LogP contribution in [0.5, 0.6) is 0 Å². The van der Waals surface area contributed by atoms with Crippen LogP contribution < -0.4 is 10.6 Å². The van der Waals surface area contributed by atoms with Crippen LogP contribution in [0.25, 0.3) is 0 Å². The van der Waals surface area contributed by atoms with Gasteiger partial charge < -0.3 is 10.6 Å². The molecule has 1 atom stereocenters. The second-order valence-electron chi connectivity index (χ2n) is 4.35. The number of aryl methyl sites for hydroxylation is 1. The highest BCUT2D eigenvalue weighted by atomic mass is 16.1. The average molecular weight is 218 g/mol. The van der Waals surface area contributed by atoms with E-state index in [-0.39, 0.29) is 5.91 Å². The Labute approximate surface area is 96.2 Å². The summed E-state index contributed by atoms with van der Waals surface area (Å²) in [5.74, 6) is 0.175. The summed E-state index contributed by atoms with van der Waals surface area (Å²) in [6.07, 6.45) is 1.59. The van der Waals surface area contributed by atoms with Crippen LogP contribution in [0.2, 0.25) is 0 Å². The number of benzene rings is 1. The summed E-state index contributed by atoms with van der Waals surface area (Å²) in [4.78, 5) is 11.0. The Kier molecular flexibility index (Phi) is 3.57. The van der Waals surface area contributed by atoms with Gasteiger partial charge in [-0.3, -0.25) is 4.79 Å². The molecule has 2 rings (SSSR count). The van der Waals surface area contributed by atoms with Crippen molar-refractivity contribution < 1.29 is 4.79 Å². The van der Waals surface area contributed by atoms with Crippen molar-refractivity contribution in [3.8, 4) is 0 Å². The van der Waals surface area contributed by atoms with Crippen LogP contribution in [0.1, 0.15) is 24.0 Å². The standard InChI is InChI=1S/C13H18N2O/c1-10-4-2-3-5-11(10)8-14-12-6-7-13(16)15-9-12/h2-5,12,14H,6-9H2,1H3,(H,15,16). The lowest BCUT2D eigenvalue weighted by Crippen LogP contribution is -2.45. The molecule has 0 radical (unpaired) electrons. The van der Waals surface area contributed by atoms with Crippen molar-refractivity contribution in [3.63, 3.8) is 0 Å². The number of nitrogens with one attached hydrogen (secondary N) is 2. The number of hydrogen-bond donors (Lipinski definition) is 2. The van der Waals surface area contributed by atoms with Gasteiger partial charge in [0.1, 0.15) is 0 Å². The quantitative estimate of drug-likeness (QED) is 0.804. The summed E-state index contributed by atoms with van der Waals surface area (Å²) in [6, 6.07) is 8.80. The Bertz CT molecular complexity index is 366. The SMILES string of the molecule is Cc1ccccc1CNC1CCC(=O)NC1. The van der Waals surface area contributed by atoms with E-state index in [2.05, 4.69) is 41.8 Å². The molecule has 1 amide bonds. The molecule has 0 aliphatic carbocycles. The highest BCUT2D eigenvalue weighted by Crippen LogP contribution is 2.08. The average Bonchev–Trinajstić information content (AvgIpc) is 2.30. The molecule has 1 aromatic rings. The van der Waals surface area contributed by atoms with Gasteiger partial charge in [0.25, 0.3) is 0 Å². The zero-order valence-electron chi connectivity index (χ0n) is 9.62. The van der Waals surface area contributed by atoms with Gasteiger partial charge in [0.2, 0.25) is 5.91 Å². The molecule has 1 fully saturated rings. The van der Waals surface area contributed by atoms with Crippen LogP contribution >= 0.6 is 0 Å². The van der Waals surface area contributed by atoms with Gasteiger partial charge >= 0.3 is 0 Å². The minimum absolute atomic E-state index is 0.175. The molecule has 16 heavy (non-hydrogen) atoms. The number of hydrogen-bond acceptors (Lipinski definition) is 2. The van der Waals surface area contributed by atoms with Crippen LogP contribution in [0.4, 0.5) is 0 Å². The molecule has 1 unspecified atom stereocenters. The zero-order chi connectivity index (χ0) is 11.4. The first-order valence-corrected chi connectivity index (χ1v) is 5.80. The summed E-state index contributed by atoms with van der Waals surface area (Å²) >= 11 is 0. The summed E-state index contributed by atoms with van der Waals surface area (Å²) in [7, 11) is 0. The predicted molar refractivity (Wildman–Crippen MR) is 64.1 cm³/mol. The van der Waals surface area contributed by atoms with Gasteiger partial charge in [0, 0.05) is 25.6 Å². The van der Waals surface area contributed by atoms with E-state index in [1.807, 2.05) is 0 Å². The second kappa shape index (κ2) is 5.12. The predicted octanol–water partition coefficient (Wildman–Crippen LogP) is 1.36. The van der Waals surface area contributed by atoms with Gasteiger partial charge in [-0.25, -0.2) is 0 Å². The van der Waals surface area contributed by atoms with E-state index >= 15 is 0 Å². The van der Waals surface area contributed by atoms with E-state index < -0.39 is 0 Å². The van der Waals surface area contributed by atoms with Gasteiger partial charge in [-0.15, -0.1) is 0 Å². The van der Waals surface area contributed by atoms with E-state index in [0.29, 0.717) is 12.5 Å². The Morgan fingerprint density at radius 1 is 1.44 bits per heavy atom. The number of piperidine rings is 1. The number of carbonyl (C=O) groups excluding carboxylic acids is 1. The molecule has 2 N–H and O–H groups in total. The van der Waals surface area contributed by atoms with Crippen molar-refractivity contribution in [1.29, 1.82) is 0 Å². The van der Waals surface area contributed by atoms with Crippen molar-refractivity contribution >= 4 is 5.91 Å². The molecule has 0 aromatic heterocycles. The highest BCUT2D eigenvalue weighted by Gasteiger charge is 2.16. The van der Waals surface area contributed by atoms with Crippen LogP contribution in [0.15, 0.2) is 24.3 Å². The fourth-order valence-corrected chi connectivity index (χ4v) is 1.97. The highest BCUT2D eigenvalue weighted by molar-refractivity contribution is 5.76. The monoisotopic (exact) mass is 218 g/mol. The fraction of sp³-hybridized carbons (Fsp3) is 0.462. The second-order valence-corrected chi connectivity index (χ2v) is 4.35. The number of carbonyl (C=O) groups is 1. The third-order valence-electron chi connectivity index (χ3n) is 3.11. The lowest BCUT2D eigenvalue weighted by atomic mass is 10.1. The van der Waals surface area contributed by atoms with Crippen LogP contribution in [-0.2, 0) is 11.3 Å². The molecule has 0 saturated carbocycles. The molecule has 1 aromatic carbocycles. The lowest BCUT2D eigenvalue weighted by molar-refractivity contribution is -0.122. The number of rotatable bonds is 3. The van der Waals surface area contributed by atoms with Crippen LogP contribution in [0, 0.1) is 6.92 Å². The minimum Gasteiger partial charge on any atom is -0.355 e. The molecule has 1 aliphatic heterocycles. The fourth-order valence-electron chi connectivity index (χ4n) is 1.97. The minimum atomic E-state index is 0.175. The van der Waals surface area contributed by atoms with E-state index in [0.717, 1.165) is 19.5 Å². The van der Waals surface area contributed by atoms with E-state index in [9.17, 15) is 4.79 Å². The molecule has 1 saturated heterocycles. The van der Waals surface area contributed by atoms with Gasteiger partial charge in [-0.1, -0.05) is 24.3 Å². The molecule has 1 aliphatic rings. The maximum Gasteiger partial charge on any atom is 0.220 e. The Morgan fingerprint density at radius 2 is 2.25 bits per heavy atom.